The molecule has 1 rings (SSSR count). The monoisotopic (exact) mass is 126 g/mol. The summed E-state index contributed by atoms with van der Waals surface area (Å²) >= 11 is 0. The zero-order valence-corrected chi connectivity index (χ0v) is 4.84. The highest BCUT2D eigenvalue weighted by molar-refractivity contribution is 5.21. The summed E-state index contributed by atoms with van der Waals surface area (Å²) in [4.78, 5) is 0. The molecule has 0 amide bonds. The van der Waals surface area contributed by atoms with Gasteiger partial charge in [0, 0.05) is 6.07 Å². The van der Waals surface area contributed by atoms with E-state index in [0.717, 1.165) is 0 Å². The van der Waals surface area contributed by atoms with Gasteiger partial charge in [-0.1, -0.05) is 6.07 Å². The molecule has 0 radical (unpaired) electrons. The summed E-state index contributed by atoms with van der Waals surface area (Å²) in [5.41, 5.74) is 0. The summed E-state index contributed by atoms with van der Waals surface area (Å²) in [6.45, 7) is 0. The highest BCUT2D eigenvalue weighted by Gasteiger charge is 1.92. The van der Waals surface area contributed by atoms with Gasteiger partial charge in [0.05, 0.1) is 6.07 Å². The first-order chi connectivity index (χ1) is 4.33. The SMILES string of the molecule is [CH2-][OH+]c1cccc(F)c1. The smallest absolute Gasteiger partial charge is 0.228 e. The second-order valence-electron chi connectivity index (χ2n) is 1.64. The van der Waals surface area contributed by atoms with E-state index in [9.17, 15) is 4.39 Å². The maximum atomic E-state index is 12.3. The fourth-order valence-corrected chi connectivity index (χ4v) is 0.574. The number of benzene rings is 1. The zero-order valence-electron chi connectivity index (χ0n) is 4.84. The van der Waals surface area contributed by atoms with Crippen LogP contribution in [0.3, 0.4) is 0 Å². The Labute approximate surface area is 53.1 Å². The average molecular weight is 126 g/mol. The summed E-state index contributed by atoms with van der Waals surface area (Å²) in [6, 6.07) is 5.98. The van der Waals surface area contributed by atoms with Crippen molar-refractivity contribution in [1.29, 1.82) is 0 Å². The lowest BCUT2D eigenvalue weighted by Gasteiger charge is -2.00. The van der Waals surface area contributed by atoms with Crippen LogP contribution in [0.25, 0.3) is 0 Å². The molecule has 0 aliphatic rings. The molecule has 0 unspecified atom stereocenters. The lowest BCUT2D eigenvalue weighted by molar-refractivity contribution is 0.185. The largest absolute Gasteiger partial charge is 0.722 e. The summed E-state index contributed by atoms with van der Waals surface area (Å²) < 4.78 is 15.8. The van der Waals surface area contributed by atoms with Crippen LogP contribution in [-0.2, 0) is 0 Å². The molecule has 1 aromatic rings. The molecular weight excluding hydrogens is 119 g/mol. The molecule has 1 nitrogen and oxygen atoms in total. The predicted octanol–water partition coefficient (Wildman–Crippen LogP) is 1.86. The maximum Gasteiger partial charge on any atom is 0.228 e. The molecule has 0 atom stereocenters. The van der Waals surface area contributed by atoms with Crippen LogP contribution in [0.1, 0.15) is 0 Å². The minimum Gasteiger partial charge on any atom is -0.722 e. The van der Waals surface area contributed by atoms with Gasteiger partial charge in [0.1, 0.15) is 5.82 Å². The van der Waals surface area contributed by atoms with E-state index in [0.29, 0.717) is 5.75 Å². The first-order valence-electron chi connectivity index (χ1n) is 2.55. The molecule has 0 saturated carbocycles. The second-order valence-corrected chi connectivity index (χ2v) is 1.64. The predicted molar refractivity (Wildman–Crippen MR) is 33.4 cm³/mol. The summed E-state index contributed by atoms with van der Waals surface area (Å²) in [5.74, 6) is 0.287. The van der Waals surface area contributed by atoms with Crippen molar-refractivity contribution in [2.75, 3.05) is 0 Å². The zero-order chi connectivity index (χ0) is 6.69. The van der Waals surface area contributed by atoms with Gasteiger partial charge in [-0.3, -0.25) is 0 Å². The van der Waals surface area contributed by atoms with Crippen LogP contribution in [0.5, 0.6) is 5.75 Å². The van der Waals surface area contributed by atoms with E-state index in [1.165, 1.54) is 12.1 Å². The van der Waals surface area contributed by atoms with Crippen LogP contribution in [0.15, 0.2) is 24.3 Å². The molecule has 0 bridgehead atoms. The number of ether oxygens (including phenoxy) is 1. The third-order valence-electron chi connectivity index (χ3n) is 0.991. The molecule has 0 spiro atoms. The molecule has 0 heterocycles. The molecule has 0 aliphatic carbocycles. The van der Waals surface area contributed by atoms with Crippen molar-refractivity contribution in [2.45, 2.75) is 0 Å². The number of aliphatic hydroxyl groups is 1. The van der Waals surface area contributed by atoms with E-state index in [-0.39, 0.29) is 5.82 Å². The lowest BCUT2D eigenvalue weighted by atomic mass is 10.3. The van der Waals surface area contributed by atoms with Gasteiger partial charge < -0.3 is 4.74 Å². The van der Waals surface area contributed by atoms with Gasteiger partial charge in [0.2, 0.25) is 5.75 Å². The quantitative estimate of drug-likeness (QED) is 0.402. The van der Waals surface area contributed by atoms with Gasteiger partial charge in [-0.15, -0.1) is 0 Å². The highest BCUT2D eigenvalue weighted by Crippen LogP contribution is 2.11. The van der Waals surface area contributed by atoms with Gasteiger partial charge >= 0.3 is 0 Å². The molecule has 1 N–H and O–H groups in total. The van der Waals surface area contributed by atoms with Crippen LogP contribution >= 0.6 is 0 Å². The first-order valence-corrected chi connectivity index (χ1v) is 2.55. The Kier molecular flexibility index (Phi) is 1.68. The van der Waals surface area contributed by atoms with Crippen LogP contribution in [0, 0.1) is 12.9 Å². The number of hydrogen-bond acceptors (Lipinski definition) is 0. The van der Waals surface area contributed by atoms with E-state index in [1.807, 2.05) is 0 Å². The number of rotatable bonds is 1. The minimum absolute atomic E-state index is 0.278. The summed E-state index contributed by atoms with van der Waals surface area (Å²) in [5, 5.41) is 0. The summed E-state index contributed by atoms with van der Waals surface area (Å²) in [7, 11) is 3.26. The molecule has 0 aliphatic heterocycles. The van der Waals surface area contributed by atoms with Gasteiger partial charge in [-0.05, 0) is 13.2 Å². The van der Waals surface area contributed by atoms with Crippen LogP contribution in [-0.4, -0.2) is 4.74 Å². The normalized spacial score (nSPS) is 9.11. The fraction of sp³-hybridized carbons (Fsp3) is 0. The van der Waals surface area contributed by atoms with E-state index in [2.05, 4.69) is 11.8 Å². The number of halogens is 1. The molecule has 2 heteroatoms. The molecule has 1 aromatic carbocycles. The molecule has 0 saturated heterocycles. The molecule has 48 valence electrons. The standard InChI is InChI=1S/C7H7FO/c1-9-7-4-2-3-6(8)5-7/h2-5,9H,1H2. The number of aromatic hydroxyl groups is 1. The van der Waals surface area contributed by atoms with Crippen molar-refractivity contribution < 1.29 is 9.13 Å². The highest BCUT2D eigenvalue weighted by atomic mass is 19.1. The lowest BCUT2D eigenvalue weighted by Crippen LogP contribution is -1.75. The van der Waals surface area contributed by atoms with E-state index in [4.69, 9.17) is 0 Å². The molecule has 0 fully saturated rings. The third kappa shape index (κ3) is 1.42. The van der Waals surface area contributed by atoms with Crippen molar-refractivity contribution >= 4 is 0 Å². The number of hydrogen-bond donors (Lipinski definition) is 0. The van der Waals surface area contributed by atoms with Gasteiger partial charge in [-0.25, -0.2) is 4.39 Å². The van der Waals surface area contributed by atoms with Gasteiger partial charge in [0.25, 0.3) is 0 Å². The van der Waals surface area contributed by atoms with Crippen LogP contribution in [0.4, 0.5) is 4.39 Å². The third-order valence-corrected chi connectivity index (χ3v) is 0.991. The second kappa shape index (κ2) is 2.49. The topological polar surface area (TPSA) is 12.8 Å². The van der Waals surface area contributed by atoms with E-state index < -0.39 is 0 Å². The Morgan fingerprint density at radius 2 is 2.22 bits per heavy atom. The van der Waals surface area contributed by atoms with E-state index in [1.54, 1.807) is 12.1 Å². The average Bonchev–Trinajstić information content (AvgIpc) is 1.88. The Hall–Kier alpha value is -1.05. The van der Waals surface area contributed by atoms with E-state index >= 15 is 0 Å². The first kappa shape index (κ1) is 6.08. The van der Waals surface area contributed by atoms with Gasteiger partial charge in [0.15, 0.2) is 0 Å². The van der Waals surface area contributed by atoms with Crippen LogP contribution in [0.2, 0.25) is 0 Å². The Morgan fingerprint density at radius 3 is 2.67 bits per heavy atom. The van der Waals surface area contributed by atoms with Crippen molar-refractivity contribution in [3.8, 4) is 5.75 Å². The Bertz CT molecular complexity index is 198. The maximum absolute atomic E-state index is 12.3. The molecule has 0 aromatic heterocycles. The fourth-order valence-electron chi connectivity index (χ4n) is 0.574. The van der Waals surface area contributed by atoms with Crippen molar-refractivity contribution in [2.24, 2.45) is 0 Å². The van der Waals surface area contributed by atoms with Crippen molar-refractivity contribution in [1.82, 2.24) is 0 Å². The minimum atomic E-state index is -0.278. The molecular formula is C7H7FO. The Balaban J connectivity index is 2.94. The van der Waals surface area contributed by atoms with Gasteiger partial charge in [-0.2, -0.15) is 0 Å². The summed E-state index contributed by atoms with van der Waals surface area (Å²) in [6.07, 6.45) is 0. The van der Waals surface area contributed by atoms with Crippen molar-refractivity contribution in [3.63, 3.8) is 0 Å². The van der Waals surface area contributed by atoms with Crippen LogP contribution < -0.4 is 0 Å². The molecule has 9 heavy (non-hydrogen) atoms. The van der Waals surface area contributed by atoms with Crippen molar-refractivity contribution in [3.05, 3.63) is 37.2 Å². The Morgan fingerprint density at radius 1 is 1.44 bits per heavy atom.